The fourth-order valence-electron chi connectivity index (χ4n) is 3.97. The Labute approximate surface area is 181 Å². The number of allylic oxidation sites excluding steroid dienone is 3. The third-order valence-corrected chi connectivity index (χ3v) is 5.65. The number of nitrogens with zero attached hydrogens (tertiary/aromatic N) is 3. The molecule has 4 nitrogen and oxygen atoms in total. The third kappa shape index (κ3) is 3.21. The molecule has 0 spiro atoms. The van der Waals surface area contributed by atoms with Crippen LogP contribution in [0.5, 0.6) is 5.75 Å². The normalized spacial score (nSPS) is 14.5. The first kappa shape index (κ1) is 18.9. The van der Waals surface area contributed by atoms with Crippen LogP contribution in [0.4, 0.5) is 0 Å². The second-order valence-electron chi connectivity index (χ2n) is 7.86. The highest BCUT2D eigenvalue weighted by Gasteiger charge is 2.24. The van der Waals surface area contributed by atoms with Crippen LogP contribution in [0, 0.1) is 25.2 Å². The van der Waals surface area contributed by atoms with Gasteiger partial charge in [-0.25, -0.2) is 4.98 Å². The zero-order valence-electron chi connectivity index (χ0n) is 17.7. The van der Waals surface area contributed by atoms with Crippen molar-refractivity contribution in [2.24, 2.45) is 7.05 Å². The summed E-state index contributed by atoms with van der Waals surface area (Å²) in [5.41, 5.74) is 7.37. The van der Waals surface area contributed by atoms with E-state index in [0.29, 0.717) is 11.4 Å². The van der Waals surface area contributed by atoms with E-state index in [1.807, 2.05) is 73.1 Å². The zero-order valence-corrected chi connectivity index (χ0v) is 17.7. The molecule has 1 aromatic heterocycles. The number of benzene rings is 3. The van der Waals surface area contributed by atoms with Crippen molar-refractivity contribution in [3.05, 3.63) is 101 Å². The van der Waals surface area contributed by atoms with Gasteiger partial charge in [-0.2, -0.15) is 5.26 Å². The standard InChI is InChI=1S/C27H21N3O/c1-17-8-11-19(12-9-17)26-15-20(21-14-18(2)10-13-25(21)31-26)22(16-28)27-29-23-6-4-5-7-24(23)30(27)3/h4-15H,1-3H3/b22-20-. The van der Waals surface area contributed by atoms with E-state index < -0.39 is 0 Å². The number of imidazole rings is 1. The lowest BCUT2D eigenvalue weighted by Crippen LogP contribution is -2.07. The first-order valence-corrected chi connectivity index (χ1v) is 10.2. The maximum absolute atomic E-state index is 10.2. The molecule has 31 heavy (non-hydrogen) atoms. The highest BCUT2D eigenvalue weighted by atomic mass is 16.5. The second-order valence-corrected chi connectivity index (χ2v) is 7.86. The van der Waals surface area contributed by atoms with E-state index in [1.165, 1.54) is 5.56 Å². The maximum Gasteiger partial charge on any atom is 0.152 e. The minimum atomic E-state index is 0.526. The molecule has 3 aromatic carbocycles. The van der Waals surface area contributed by atoms with Crippen LogP contribution in [0.25, 0.3) is 27.9 Å². The van der Waals surface area contributed by atoms with Gasteiger partial charge in [0, 0.05) is 23.7 Å². The summed E-state index contributed by atoms with van der Waals surface area (Å²) in [5.74, 6) is 2.11. The van der Waals surface area contributed by atoms with Crippen molar-refractivity contribution >= 4 is 27.9 Å². The summed E-state index contributed by atoms with van der Waals surface area (Å²) < 4.78 is 8.23. The lowest BCUT2D eigenvalue weighted by molar-refractivity contribution is 0.509. The topological polar surface area (TPSA) is 50.8 Å². The molecule has 1 aliphatic heterocycles. The summed E-state index contributed by atoms with van der Waals surface area (Å²) in [7, 11) is 1.95. The molecule has 1 aliphatic rings. The molecule has 0 bridgehead atoms. The van der Waals surface area contributed by atoms with E-state index in [0.717, 1.165) is 44.8 Å². The lowest BCUT2D eigenvalue weighted by Gasteiger charge is -2.22. The molecule has 150 valence electrons. The summed E-state index contributed by atoms with van der Waals surface area (Å²) in [5, 5.41) is 10.2. The Bertz CT molecular complexity index is 1430. The highest BCUT2D eigenvalue weighted by Crippen LogP contribution is 2.41. The number of hydrogen-bond donors (Lipinski definition) is 0. The van der Waals surface area contributed by atoms with Crippen LogP contribution < -0.4 is 4.74 Å². The van der Waals surface area contributed by atoms with Crippen LogP contribution in [-0.4, -0.2) is 9.55 Å². The van der Waals surface area contributed by atoms with Gasteiger partial charge >= 0.3 is 0 Å². The molecule has 0 saturated heterocycles. The molecule has 0 aliphatic carbocycles. The molecular weight excluding hydrogens is 382 g/mol. The second kappa shape index (κ2) is 7.30. The number of fused-ring (bicyclic) bond motifs is 2. The molecule has 4 aromatic rings. The van der Waals surface area contributed by atoms with Gasteiger partial charge in [0.2, 0.25) is 0 Å². The third-order valence-electron chi connectivity index (χ3n) is 5.65. The molecule has 0 radical (unpaired) electrons. The summed E-state index contributed by atoms with van der Waals surface area (Å²) >= 11 is 0. The number of nitriles is 1. The summed E-state index contributed by atoms with van der Waals surface area (Å²) in [6.45, 7) is 4.10. The molecule has 0 saturated carbocycles. The molecule has 0 N–H and O–H groups in total. The van der Waals surface area contributed by atoms with Crippen molar-refractivity contribution in [2.45, 2.75) is 13.8 Å². The van der Waals surface area contributed by atoms with Crippen LogP contribution >= 0.6 is 0 Å². The lowest BCUT2D eigenvalue weighted by atomic mass is 9.93. The number of ether oxygens (including phenoxy) is 1. The van der Waals surface area contributed by atoms with Crippen LogP contribution in [-0.2, 0) is 7.05 Å². The van der Waals surface area contributed by atoms with Crippen LogP contribution in [0.2, 0.25) is 0 Å². The number of aromatic nitrogens is 2. The Morgan fingerprint density at radius 3 is 2.45 bits per heavy atom. The van der Waals surface area contributed by atoms with Crippen LogP contribution in [0.3, 0.4) is 0 Å². The van der Waals surface area contributed by atoms with Gasteiger partial charge in [-0.1, -0.05) is 53.6 Å². The van der Waals surface area contributed by atoms with Crippen LogP contribution in [0.15, 0.2) is 72.8 Å². The average molecular weight is 403 g/mol. The number of para-hydroxylation sites is 2. The highest BCUT2D eigenvalue weighted by molar-refractivity contribution is 6.05. The van der Waals surface area contributed by atoms with E-state index >= 15 is 0 Å². The first-order chi connectivity index (χ1) is 15.0. The summed E-state index contributed by atoms with van der Waals surface area (Å²) in [6, 6.07) is 24.6. The van der Waals surface area contributed by atoms with Gasteiger partial charge in [-0.05, 0) is 44.2 Å². The fraction of sp³-hybridized carbons (Fsp3) is 0.111. The van der Waals surface area contributed by atoms with E-state index in [-0.39, 0.29) is 0 Å². The van der Waals surface area contributed by atoms with Gasteiger partial charge < -0.3 is 9.30 Å². The Balaban J connectivity index is 1.79. The van der Waals surface area contributed by atoms with Crippen molar-refractivity contribution in [1.29, 1.82) is 5.26 Å². The van der Waals surface area contributed by atoms with E-state index in [1.54, 1.807) is 0 Å². The van der Waals surface area contributed by atoms with Gasteiger partial charge in [0.1, 0.15) is 23.2 Å². The number of hydrogen-bond acceptors (Lipinski definition) is 3. The average Bonchev–Trinajstić information content (AvgIpc) is 3.11. The first-order valence-electron chi connectivity index (χ1n) is 10.2. The molecule has 5 rings (SSSR count). The predicted molar refractivity (Wildman–Crippen MR) is 124 cm³/mol. The predicted octanol–water partition coefficient (Wildman–Crippen LogP) is 6.06. The van der Waals surface area contributed by atoms with Gasteiger partial charge in [-0.15, -0.1) is 0 Å². The molecule has 4 heteroatoms. The Hall–Kier alpha value is -4.10. The van der Waals surface area contributed by atoms with Crippen molar-refractivity contribution in [1.82, 2.24) is 9.55 Å². The Morgan fingerprint density at radius 2 is 1.71 bits per heavy atom. The quantitative estimate of drug-likeness (QED) is 0.382. The van der Waals surface area contributed by atoms with Crippen molar-refractivity contribution in [2.75, 3.05) is 0 Å². The van der Waals surface area contributed by atoms with Crippen LogP contribution in [0.1, 0.15) is 28.1 Å². The monoisotopic (exact) mass is 403 g/mol. The number of aryl methyl sites for hydroxylation is 3. The van der Waals surface area contributed by atoms with Crippen molar-refractivity contribution in [3.8, 4) is 11.8 Å². The van der Waals surface area contributed by atoms with E-state index in [2.05, 4.69) is 31.2 Å². The van der Waals surface area contributed by atoms with Gasteiger partial charge in [-0.3, -0.25) is 0 Å². The molecular formula is C27H21N3O. The number of rotatable bonds is 2. The molecule has 0 amide bonds. The van der Waals surface area contributed by atoms with E-state index in [9.17, 15) is 5.26 Å². The van der Waals surface area contributed by atoms with Crippen molar-refractivity contribution in [3.63, 3.8) is 0 Å². The molecule has 0 unspecified atom stereocenters. The molecule has 0 atom stereocenters. The van der Waals surface area contributed by atoms with E-state index in [4.69, 9.17) is 9.72 Å². The zero-order chi connectivity index (χ0) is 21.5. The SMILES string of the molecule is Cc1ccc(C2=C/C(=C(\C#N)c3nc4ccccc4n3C)c3cc(C)ccc3O2)cc1. The van der Waals surface area contributed by atoms with Gasteiger partial charge in [0.25, 0.3) is 0 Å². The molecule has 2 heterocycles. The maximum atomic E-state index is 10.2. The van der Waals surface area contributed by atoms with Gasteiger partial charge in [0.15, 0.2) is 5.82 Å². The summed E-state index contributed by atoms with van der Waals surface area (Å²) in [4.78, 5) is 4.78. The minimum Gasteiger partial charge on any atom is -0.456 e. The largest absolute Gasteiger partial charge is 0.456 e. The van der Waals surface area contributed by atoms with Crippen molar-refractivity contribution < 1.29 is 4.74 Å². The summed E-state index contributed by atoms with van der Waals surface area (Å²) in [6.07, 6.45) is 1.96. The molecule has 0 fully saturated rings. The smallest absolute Gasteiger partial charge is 0.152 e. The van der Waals surface area contributed by atoms with Gasteiger partial charge in [0.05, 0.1) is 11.0 Å². The fourth-order valence-corrected chi connectivity index (χ4v) is 3.97. The Morgan fingerprint density at radius 1 is 0.968 bits per heavy atom. The minimum absolute atomic E-state index is 0.526. The Kier molecular flexibility index (Phi) is 4.45.